The van der Waals surface area contributed by atoms with Crippen molar-refractivity contribution in [1.82, 2.24) is 0 Å². The number of para-hydroxylation sites is 1. The minimum Gasteiger partial charge on any atom is -0.491 e. The van der Waals surface area contributed by atoms with E-state index in [2.05, 4.69) is 5.32 Å². The Bertz CT molecular complexity index is 529. The molecule has 20 heavy (non-hydrogen) atoms. The van der Waals surface area contributed by atoms with Crippen LogP contribution >= 0.6 is 0 Å². The smallest absolute Gasteiger partial charge is 0.128 e. The minimum atomic E-state index is -0.790. The first kappa shape index (κ1) is 14.3. The Morgan fingerprint density at radius 1 is 1.05 bits per heavy atom. The van der Waals surface area contributed by atoms with Crippen LogP contribution in [0.25, 0.3) is 0 Å². The van der Waals surface area contributed by atoms with Gasteiger partial charge in [-0.2, -0.15) is 0 Å². The predicted octanol–water partition coefficient (Wildman–Crippen LogP) is 2.82. The molecule has 0 aromatic heterocycles. The van der Waals surface area contributed by atoms with Crippen LogP contribution in [-0.4, -0.2) is 24.4 Å². The quantitative estimate of drug-likeness (QED) is 0.854. The van der Waals surface area contributed by atoms with Crippen molar-refractivity contribution in [3.8, 4) is 5.75 Å². The Morgan fingerprint density at radius 3 is 2.35 bits per heavy atom. The number of halogens is 2. The van der Waals surface area contributed by atoms with E-state index >= 15 is 0 Å². The maximum atomic E-state index is 13.0. The molecule has 0 aliphatic carbocycles. The summed E-state index contributed by atoms with van der Waals surface area (Å²) in [7, 11) is 0. The molecule has 1 atom stereocenters. The zero-order valence-electron chi connectivity index (χ0n) is 10.7. The van der Waals surface area contributed by atoms with Crippen LogP contribution in [0.1, 0.15) is 0 Å². The van der Waals surface area contributed by atoms with Crippen LogP contribution in [0, 0.1) is 11.6 Å². The Morgan fingerprint density at radius 2 is 1.70 bits per heavy atom. The first-order chi connectivity index (χ1) is 9.63. The van der Waals surface area contributed by atoms with Crippen LogP contribution in [0.2, 0.25) is 0 Å². The van der Waals surface area contributed by atoms with Gasteiger partial charge in [0.15, 0.2) is 0 Å². The third-order valence-corrected chi connectivity index (χ3v) is 2.59. The molecule has 0 saturated carbocycles. The molecule has 3 nitrogen and oxygen atoms in total. The molecule has 106 valence electrons. The number of hydrogen-bond acceptors (Lipinski definition) is 3. The fourth-order valence-electron chi connectivity index (χ4n) is 1.66. The van der Waals surface area contributed by atoms with E-state index in [1.54, 1.807) is 12.1 Å². The van der Waals surface area contributed by atoms with Gasteiger partial charge in [0.05, 0.1) is 0 Å². The number of nitrogens with one attached hydrogen (secondary N) is 1. The lowest BCUT2D eigenvalue weighted by Crippen LogP contribution is -2.26. The molecule has 0 aliphatic rings. The summed E-state index contributed by atoms with van der Waals surface area (Å²) in [6, 6.07) is 12.2. The molecule has 0 aliphatic heterocycles. The standard InChI is InChI=1S/C15H15F2NO2/c16-11-6-12(17)8-13(7-11)18-9-14(19)10-20-15-4-2-1-3-5-15/h1-8,14,18-19H,9-10H2. The van der Waals surface area contributed by atoms with E-state index in [4.69, 9.17) is 4.74 Å². The number of anilines is 1. The number of aliphatic hydroxyl groups is 1. The summed E-state index contributed by atoms with van der Waals surface area (Å²) in [4.78, 5) is 0. The van der Waals surface area contributed by atoms with Crippen LogP contribution in [-0.2, 0) is 0 Å². The first-order valence-electron chi connectivity index (χ1n) is 6.19. The van der Waals surface area contributed by atoms with Gasteiger partial charge in [0.1, 0.15) is 30.1 Å². The van der Waals surface area contributed by atoms with E-state index in [0.717, 1.165) is 18.2 Å². The second-order valence-corrected chi connectivity index (χ2v) is 4.32. The van der Waals surface area contributed by atoms with E-state index in [-0.39, 0.29) is 18.8 Å². The number of aliphatic hydroxyl groups excluding tert-OH is 1. The molecule has 2 N–H and O–H groups in total. The van der Waals surface area contributed by atoms with Crippen molar-refractivity contribution in [2.24, 2.45) is 0 Å². The third kappa shape index (κ3) is 4.51. The molecular formula is C15H15F2NO2. The lowest BCUT2D eigenvalue weighted by molar-refractivity contribution is 0.117. The first-order valence-corrected chi connectivity index (χ1v) is 6.19. The van der Waals surface area contributed by atoms with Crippen LogP contribution in [0.5, 0.6) is 5.75 Å². The maximum Gasteiger partial charge on any atom is 0.128 e. The largest absolute Gasteiger partial charge is 0.491 e. The number of benzene rings is 2. The van der Waals surface area contributed by atoms with Gasteiger partial charge in [0.25, 0.3) is 0 Å². The summed E-state index contributed by atoms with van der Waals surface area (Å²) in [5.41, 5.74) is 0.279. The fourth-order valence-corrected chi connectivity index (χ4v) is 1.66. The lowest BCUT2D eigenvalue weighted by atomic mass is 10.3. The van der Waals surface area contributed by atoms with Gasteiger partial charge in [-0.15, -0.1) is 0 Å². The SMILES string of the molecule is OC(CNc1cc(F)cc(F)c1)COc1ccccc1. The predicted molar refractivity (Wildman–Crippen MR) is 72.8 cm³/mol. The topological polar surface area (TPSA) is 41.5 Å². The van der Waals surface area contributed by atoms with Gasteiger partial charge in [0, 0.05) is 18.3 Å². The van der Waals surface area contributed by atoms with Gasteiger partial charge in [-0.25, -0.2) is 8.78 Å². The van der Waals surface area contributed by atoms with E-state index in [9.17, 15) is 13.9 Å². The monoisotopic (exact) mass is 279 g/mol. The molecule has 0 spiro atoms. The second-order valence-electron chi connectivity index (χ2n) is 4.32. The van der Waals surface area contributed by atoms with Crippen molar-refractivity contribution >= 4 is 5.69 Å². The summed E-state index contributed by atoms with van der Waals surface area (Å²) in [5.74, 6) is -0.673. The average Bonchev–Trinajstić information content (AvgIpc) is 2.43. The van der Waals surface area contributed by atoms with Gasteiger partial charge < -0.3 is 15.2 Å². The third-order valence-electron chi connectivity index (χ3n) is 2.59. The van der Waals surface area contributed by atoms with Gasteiger partial charge in [0.2, 0.25) is 0 Å². The number of ether oxygens (including phenoxy) is 1. The Kier molecular flexibility index (Phi) is 4.90. The molecule has 0 radical (unpaired) electrons. The minimum absolute atomic E-state index is 0.0921. The van der Waals surface area contributed by atoms with Gasteiger partial charge >= 0.3 is 0 Å². The van der Waals surface area contributed by atoms with Crippen LogP contribution in [0.3, 0.4) is 0 Å². The van der Waals surface area contributed by atoms with Crippen LogP contribution in [0.15, 0.2) is 48.5 Å². The normalized spacial score (nSPS) is 11.9. The highest BCUT2D eigenvalue weighted by molar-refractivity contribution is 5.43. The maximum absolute atomic E-state index is 13.0. The van der Waals surface area contributed by atoms with Crippen molar-refractivity contribution in [3.05, 3.63) is 60.2 Å². The Balaban J connectivity index is 1.78. The zero-order valence-corrected chi connectivity index (χ0v) is 10.7. The molecule has 0 saturated heterocycles. The molecule has 2 rings (SSSR count). The molecule has 0 amide bonds. The van der Waals surface area contributed by atoms with Crippen molar-refractivity contribution in [1.29, 1.82) is 0 Å². The molecule has 0 fully saturated rings. The lowest BCUT2D eigenvalue weighted by Gasteiger charge is -2.14. The highest BCUT2D eigenvalue weighted by atomic mass is 19.1. The Hall–Kier alpha value is -2.14. The molecule has 1 unspecified atom stereocenters. The number of hydrogen-bond donors (Lipinski definition) is 2. The van der Waals surface area contributed by atoms with E-state index < -0.39 is 17.7 Å². The van der Waals surface area contributed by atoms with Crippen molar-refractivity contribution in [3.63, 3.8) is 0 Å². The van der Waals surface area contributed by atoms with E-state index in [1.807, 2.05) is 18.2 Å². The molecule has 5 heteroatoms. The van der Waals surface area contributed by atoms with Gasteiger partial charge in [-0.3, -0.25) is 0 Å². The van der Waals surface area contributed by atoms with Crippen molar-refractivity contribution in [2.75, 3.05) is 18.5 Å². The van der Waals surface area contributed by atoms with E-state index in [0.29, 0.717) is 5.75 Å². The number of rotatable bonds is 6. The summed E-state index contributed by atoms with van der Waals surface area (Å²) in [5, 5.41) is 12.5. The molecular weight excluding hydrogens is 264 g/mol. The molecule has 2 aromatic rings. The molecule has 0 bridgehead atoms. The molecule has 2 aromatic carbocycles. The molecule has 0 heterocycles. The van der Waals surface area contributed by atoms with E-state index in [1.165, 1.54) is 0 Å². The highest BCUT2D eigenvalue weighted by Crippen LogP contribution is 2.13. The van der Waals surface area contributed by atoms with Gasteiger partial charge in [-0.05, 0) is 24.3 Å². The highest BCUT2D eigenvalue weighted by Gasteiger charge is 2.06. The fraction of sp³-hybridized carbons (Fsp3) is 0.200. The average molecular weight is 279 g/mol. The zero-order chi connectivity index (χ0) is 14.4. The summed E-state index contributed by atoms with van der Waals surface area (Å²) >= 11 is 0. The summed E-state index contributed by atoms with van der Waals surface area (Å²) in [6.07, 6.45) is -0.790. The van der Waals surface area contributed by atoms with Gasteiger partial charge in [-0.1, -0.05) is 18.2 Å². The summed E-state index contributed by atoms with van der Waals surface area (Å²) < 4.78 is 31.3. The van der Waals surface area contributed by atoms with Crippen molar-refractivity contribution in [2.45, 2.75) is 6.10 Å². The van der Waals surface area contributed by atoms with Crippen LogP contribution in [0.4, 0.5) is 14.5 Å². The van der Waals surface area contributed by atoms with Crippen LogP contribution < -0.4 is 10.1 Å². The second kappa shape index (κ2) is 6.86. The summed E-state index contributed by atoms with van der Waals surface area (Å²) in [6.45, 7) is 0.227. The Labute approximate surface area is 115 Å². The van der Waals surface area contributed by atoms with Crippen molar-refractivity contribution < 1.29 is 18.6 Å².